The van der Waals surface area contributed by atoms with Gasteiger partial charge in [0.1, 0.15) is 5.82 Å². The number of nitrogens with zero attached hydrogens (tertiary/aromatic N) is 7. The van der Waals surface area contributed by atoms with Crippen LogP contribution in [0.25, 0.3) is 28.8 Å². The van der Waals surface area contributed by atoms with Crippen LogP contribution < -0.4 is 0 Å². The van der Waals surface area contributed by atoms with E-state index in [0.717, 1.165) is 11.3 Å². The highest BCUT2D eigenvalue weighted by Gasteiger charge is 2.21. The van der Waals surface area contributed by atoms with Gasteiger partial charge in [0.2, 0.25) is 0 Å². The maximum atomic E-state index is 13.7. The number of carbonyl (C=O) groups excluding carboxylic acids is 1. The molecule has 0 aliphatic carbocycles. The lowest BCUT2D eigenvalue weighted by atomic mass is 10.2. The second-order valence-corrected chi connectivity index (χ2v) is 7.78. The van der Waals surface area contributed by atoms with Gasteiger partial charge < -0.3 is 4.74 Å². The second kappa shape index (κ2) is 10.1. The summed E-state index contributed by atoms with van der Waals surface area (Å²) in [5, 5.41) is 20.0. The van der Waals surface area contributed by atoms with Crippen molar-refractivity contribution in [3.63, 3.8) is 0 Å². The third kappa shape index (κ3) is 4.78. The molecule has 9 nitrogen and oxygen atoms in total. The van der Waals surface area contributed by atoms with Gasteiger partial charge in [0.25, 0.3) is 0 Å². The molecule has 2 aromatic heterocycles. The molecule has 0 radical (unpaired) electrons. The van der Waals surface area contributed by atoms with Crippen molar-refractivity contribution in [1.82, 2.24) is 35.0 Å². The lowest BCUT2D eigenvalue weighted by Crippen LogP contribution is -2.16. The molecular formula is C26H20FN7O2. The zero-order valence-corrected chi connectivity index (χ0v) is 19.2. The minimum Gasteiger partial charge on any atom is -0.453 e. The van der Waals surface area contributed by atoms with E-state index in [0.29, 0.717) is 23.0 Å². The van der Waals surface area contributed by atoms with Crippen LogP contribution >= 0.6 is 0 Å². The number of rotatable bonds is 7. The van der Waals surface area contributed by atoms with Crippen molar-refractivity contribution < 1.29 is 13.9 Å². The summed E-state index contributed by atoms with van der Waals surface area (Å²) in [6.45, 7) is 1.47. The molecular weight excluding hydrogens is 461 g/mol. The van der Waals surface area contributed by atoms with Gasteiger partial charge in [0.15, 0.2) is 29.8 Å². The third-order valence-corrected chi connectivity index (χ3v) is 5.32. The Morgan fingerprint density at radius 3 is 2.39 bits per heavy atom. The fraction of sp³-hybridized carbons (Fsp3) is 0.0769. The summed E-state index contributed by atoms with van der Waals surface area (Å²) in [7, 11) is 0. The number of ether oxygens (including phenoxy) is 1. The number of hydrogen-bond donors (Lipinski definition) is 0. The van der Waals surface area contributed by atoms with Crippen LogP contribution in [-0.2, 0) is 16.1 Å². The van der Waals surface area contributed by atoms with Crippen molar-refractivity contribution in [2.75, 3.05) is 0 Å². The topological polar surface area (TPSA) is 101 Å². The van der Waals surface area contributed by atoms with E-state index in [1.165, 1.54) is 22.9 Å². The molecule has 0 atom stereocenters. The first-order chi connectivity index (χ1) is 17.6. The molecule has 0 spiro atoms. The van der Waals surface area contributed by atoms with Crippen LogP contribution in [0.15, 0.2) is 84.9 Å². The van der Waals surface area contributed by atoms with E-state index < -0.39 is 11.8 Å². The summed E-state index contributed by atoms with van der Waals surface area (Å²) >= 11 is 0. The Morgan fingerprint density at radius 1 is 0.944 bits per heavy atom. The van der Waals surface area contributed by atoms with Gasteiger partial charge in [-0.15, -0.1) is 15.3 Å². The fourth-order valence-corrected chi connectivity index (χ4v) is 3.65. The van der Waals surface area contributed by atoms with Crippen molar-refractivity contribution in [2.45, 2.75) is 13.5 Å². The highest BCUT2D eigenvalue weighted by Crippen LogP contribution is 2.23. The quantitative estimate of drug-likeness (QED) is 0.255. The molecule has 5 rings (SSSR count). The van der Waals surface area contributed by atoms with Gasteiger partial charge in [0, 0.05) is 11.3 Å². The summed E-state index contributed by atoms with van der Waals surface area (Å²) in [5.41, 5.74) is 2.16. The van der Waals surface area contributed by atoms with Gasteiger partial charge in [0.05, 0.1) is 0 Å². The monoisotopic (exact) mass is 481 g/mol. The number of benzene rings is 3. The van der Waals surface area contributed by atoms with Crippen molar-refractivity contribution in [3.05, 3.63) is 108 Å². The number of hydrogen-bond acceptors (Lipinski definition) is 7. The Kier molecular flexibility index (Phi) is 6.39. The molecule has 5 aromatic rings. The molecule has 3 aromatic carbocycles. The molecule has 0 unspecified atom stereocenters. The van der Waals surface area contributed by atoms with Crippen LogP contribution in [0.1, 0.15) is 17.2 Å². The van der Waals surface area contributed by atoms with Crippen LogP contribution in [0.5, 0.6) is 0 Å². The molecule has 2 heterocycles. The Labute approximate surface area is 205 Å². The Hall–Kier alpha value is -4.99. The van der Waals surface area contributed by atoms with Crippen LogP contribution in [-0.4, -0.2) is 40.9 Å². The molecule has 0 saturated heterocycles. The van der Waals surface area contributed by atoms with Gasteiger partial charge in [-0.25, -0.2) is 9.18 Å². The van der Waals surface area contributed by atoms with Crippen molar-refractivity contribution in [1.29, 1.82) is 0 Å². The number of esters is 1. The van der Waals surface area contributed by atoms with E-state index in [4.69, 9.17) is 4.74 Å². The lowest BCUT2D eigenvalue weighted by Gasteiger charge is -2.12. The maximum Gasteiger partial charge on any atom is 0.357 e. The molecule has 0 N–H and O–H groups in total. The molecule has 0 aliphatic rings. The van der Waals surface area contributed by atoms with Crippen LogP contribution in [0.4, 0.5) is 4.39 Å². The highest BCUT2D eigenvalue weighted by molar-refractivity contribution is 6.15. The smallest absolute Gasteiger partial charge is 0.357 e. The van der Waals surface area contributed by atoms with E-state index in [9.17, 15) is 9.18 Å². The minimum atomic E-state index is -0.710. The normalized spacial score (nSPS) is 11.4. The molecule has 0 bridgehead atoms. The molecule has 178 valence electrons. The SMILES string of the molecule is Cc1nnnn1/C(=C\c1cccc(F)c1)C(=O)OCc1nnc(-c2ccccc2)n1-c1ccccc1. The molecule has 10 heteroatoms. The van der Waals surface area contributed by atoms with E-state index >= 15 is 0 Å². The van der Waals surface area contributed by atoms with Crippen molar-refractivity contribution in [2.24, 2.45) is 0 Å². The number of aryl methyl sites for hydroxylation is 1. The van der Waals surface area contributed by atoms with Gasteiger partial charge in [-0.05, 0) is 53.3 Å². The Morgan fingerprint density at radius 2 is 1.69 bits per heavy atom. The lowest BCUT2D eigenvalue weighted by molar-refractivity contribution is -0.138. The highest BCUT2D eigenvalue weighted by atomic mass is 19.1. The Balaban J connectivity index is 1.48. The van der Waals surface area contributed by atoms with Crippen LogP contribution in [0, 0.1) is 12.7 Å². The van der Waals surface area contributed by atoms with E-state index in [1.54, 1.807) is 19.1 Å². The van der Waals surface area contributed by atoms with Crippen molar-refractivity contribution >= 4 is 17.7 Å². The predicted molar refractivity (Wildman–Crippen MR) is 130 cm³/mol. The van der Waals surface area contributed by atoms with Crippen LogP contribution in [0.2, 0.25) is 0 Å². The number of aromatic nitrogens is 7. The number of para-hydroxylation sites is 1. The second-order valence-electron chi connectivity index (χ2n) is 7.78. The van der Waals surface area contributed by atoms with Crippen LogP contribution in [0.3, 0.4) is 0 Å². The predicted octanol–water partition coefficient (Wildman–Crippen LogP) is 4.11. The van der Waals surface area contributed by atoms with E-state index in [-0.39, 0.29) is 12.3 Å². The number of carbonyl (C=O) groups is 1. The molecule has 36 heavy (non-hydrogen) atoms. The standard InChI is InChI=1S/C26H20FN7O2/c1-18-28-31-32-34(18)23(16-19-9-8-12-21(27)15-19)26(35)36-17-24-29-30-25(20-10-4-2-5-11-20)33(24)22-13-6-3-7-14-22/h2-16H,17H2,1H3/b23-16-. The number of halogens is 1. The first kappa shape index (κ1) is 22.8. The zero-order chi connectivity index (χ0) is 24.9. The summed E-state index contributed by atoms with van der Waals surface area (Å²) < 4.78 is 22.5. The maximum absolute atomic E-state index is 13.7. The van der Waals surface area contributed by atoms with Gasteiger partial charge in [-0.1, -0.05) is 60.7 Å². The summed E-state index contributed by atoms with van der Waals surface area (Å²) in [4.78, 5) is 13.2. The summed E-state index contributed by atoms with van der Waals surface area (Å²) in [5.74, 6) is 0.257. The molecule has 0 fully saturated rings. The van der Waals surface area contributed by atoms with E-state index in [2.05, 4.69) is 25.7 Å². The average molecular weight is 481 g/mol. The first-order valence-electron chi connectivity index (χ1n) is 11.0. The van der Waals surface area contributed by atoms with Crippen molar-refractivity contribution in [3.8, 4) is 17.1 Å². The zero-order valence-electron chi connectivity index (χ0n) is 19.2. The number of tetrazole rings is 1. The summed E-state index contributed by atoms with van der Waals surface area (Å²) in [6, 6.07) is 25.0. The van der Waals surface area contributed by atoms with Gasteiger partial charge >= 0.3 is 5.97 Å². The third-order valence-electron chi connectivity index (χ3n) is 5.32. The molecule has 0 aliphatic heterocycles. The fourth-order valence-electron chi connectivity index (χ4n) is 3.65. The van der Waals surface area contributed by atoms with Gasteiger partial charge in [-0.3, -0.25) is 4.57 Å². The summed E-state index contributed by atoms with van der Waals surface area (Å²) in [6.07, 6.45) is 1.46. The molecule has 0 amide bonds. The first-order valence-corrected chi connectivity index (χ1v) is 11.0. The average Bonchev–Trinajstić information content (AvgIpc) is 3.53. The van der Waals surface area contributed by atoms with Gasteiger partial charge in [-0.2, -0.15) is 4.68 Å². The largest absolute Gasteiger partial charge is 0.453 e. The molecule has 0 saturated carbocycles. The minimum absolute atomic E-state index is 0.0251. The van der Waals surface area contributed by atoms with E-state index in [1.807, 2.05) is 65.2 Å². The Bertz CT molecular complexity index is 1530.